The molecule has 0 spiro atoms. The normalized spacial score (nSPS) is 12.5. The van der Waals surface area contributed by atoms with E-state index in [9.17, 15) is 0 Å². The highest BCUT2D eigenvalue weighted by atomic mass is 35.5. The van der Waals surface area contributed by atoms with E-state index in [1.165, 1.54) is 22.3 Å². The average Bonchev–Trinajstić information content (AvgIpc) is 4.00. The molecule has 0 aliphatic carbocycles. The van der Waals surface area contributed by atoms with Crippen LogP contribution in [0.15, 0.2) is 136 Å². The van der Waals surface area contributed by atoms with Crippen molar-refractivity contribution in [2.75, 3.05) is 0 Å². The lowest BCUT2D eigenvalue weighted by molar-refractivity contribution is 0.669. The third-order valence-corrected chi connectivity index (χ3v) is 11.9. The number of nitrogens with zero attached hydrogens (tertiary/aromatic N) is 4. The minimum absolute atomic E-state index is 0.642. The maximum Gasteiger partial charge on any atom is 0.155 e. The van der Waals surface area contributed by atoms with Crippen LogP contribution in [-0.2, 0) is 0 Å². The summed E-state index contributed by atoms with van der Waals surface area (Å²) < 4.78 is 22.4. The van der Waals surface area contributed by atoms with E-state index in [0.29, 0.717) is 5.02 Å². The fourth-order valence-electron chi connectivity index (χ4n) is 9.40. The zero-order chi connectivity index (χ0) is 36.9. The van der Waals surface area contributed by atoms with Gasteiger partial charge in [-0.05, 0) is 110 Å². The second kappa shape index (κ2) is 10.7. The minimum atomic E-state index is 0.642. The number of imidazole rings is 2. The molecule has 0 N–H and O–H groups in total. The van der Waals surface area contributed by atoms with Crippen molar-refractivity contribution >= 4 is 89.1 Å². The summed E-state index contributed by atoms with van der Waals surface area (Å²) in [5, 5.41) is 2.80. The maximum absolute atomic E-state index is 7.95. The summed E-state index contributed by atoms with van der Waals surface area (Å²) in [5.41, 5.74) is 20.6. The first-order valence-electron chi connectivity index (χ1n) is 18.6. The molecule has 0 aliphatic heterocycles. The number of hydrogen-bond acceptors (Lipinski definition) is 2. The van der Waals surface area contributed by atoms with Gasteiger partial charge in [0.05, 0.1) is 38.5 Å². The summed E-state index contributed by atoms with van der Waals surface area (Å²) in [6.45, 7) is 8.71. The van der Waals surface area contributed by atoms with Crippen LogP contribution in [0, 0.1) is 27.7 Å². The molecule has 6 nitrogen and oxygen atoms in total. The van der Waals surface area contributed by atoms with E-state index in [1.54, 1.807) is 0 Å². The smallest absolute Gasteiger partial charge is 0.155 e. The van der Waals surface area contributed by atoms with E-state index in [2.05, 4.69) is 149 Å². The second-order valence-electron chi connectivity index (χ2n) is 15.1. The molecule has 6 aromatic carbocycles. The molecule has 12 aromatic rings. The molecule has 6 heterocycles. The Bertz CT molecular complexity index is 3390. The largest absolute Gasteiger partial charge is 0.454 e. The Morgan fingerprint density at radius 2 is 0.891 bits per heavy atom. The van der Waals surface area contributed by atoms with Gasteiger partial charge in [-0.2, -0.15) is 0 Å². The highest BCUT2D eigenvalue weighted by Gasteiger charge is 2.27. The van der Waals surface area contributed by atoms with E-state index in [4.69, 9.17) is 20.4 Å². The van der Waals surface area contributed by atoms with Crippen molar-refractivity contribution in [3.05, 3.63) is 155 Å². The summed E-state index contributed by atoms with van der Waals surface area (Å²) in [7, 11) is 0. The van der Waals surface area contributed by atoms with Crippen LogP contribution in [0.2, 0.25) is 5.02 Å². The number of fused-ring (bicyclic) bond motifs is 14. The van der Waals surface area contributed by atoms with E-state index >= 15 is 0 Å². The van der Waals surface area contributed by atoms with Crippen molar-refractivity contribution in [3.8, 4) is 22.5 Å². The number of benzene rings is 6. The predicted molar refractivity (Wildman–Crippen MR) is 226 cm³/mol. The highest BCUT2D eigenvalue weighted by molar-refractivity contribution is 6.35. The predicted octanol–water partition coefficient (Wildman–Crippen LogP) is 13.4. The minimum Gasteiger partial charge on any atom is -0.454 e. The molecule has 264 valence electrons. The van der Waals surface area contributed by atoms with Gasteiger partial charge < -0.3 is 8.83 Å². The van der Waals surface area contributed by atoms with Crippen LogP contribution in [0.1, 0.15) is 22.3 Å². The molecule has 0 radical (unpaired) electrons. The molecule has 7 heteroatoms. The zero-order valence-corrected chi connectivity index (χ0v) is 31.4. The van der Waals surface area contributed by atoms with Gasteiger partial charge in [-0.25, -0.2) is 0 Å². The van der Waals surface area contributed by atoms with E-state index in [1.807, 2.05) is 24.3 Å². The van der Waals surface area contributed by atoms with Crippen molar-refractivity contribution in [1.82, 2.24) is 17.9 Å². The van der Waals surface area contributed by atoms with Gasteiger partial charge in [0.2, 0.25) is 0 Å². The van der Waals surface area contributed by atoms with Gasteiger partial charge in [0, 0.05) is 22.9 Å². The number of rotatable bonds is 3. The Balaban J connectivity index is 1.26. The van der Waals surface area contributed by atoms with Crippen molar-refractivity contribution in [1.29, 1.82) is 0 Å². The fourth-order valence-corrected chi connectivity index (χ4v) is 9.68. The van der Waals surface area contributed by atoms with E-state index in [-0.39, 0.29) is 0 Å². The van der Waals surface area contributed by atoms with Crippen molar-refractivity contribution in [3.63, 3.8) is 0 Å². The number of aromatic nitrogens is 4. The van der Waals surface area contributed by atoms with Crippen LogP contribution in [0.4, 0.5) is 0 Å². The highest BCUT2D eigenvalue weighted by Crippen LogP contribution is 2.44. The Morgan fingerprint density at radius 3 is 1.38 bits per heavy atom. The fraction of sp³-hybridized carbons (Fsp3) is 0.0833. The first-order valence-corrected chi connectivity index (χ1v) is 19.0. The third kappa shape index (κ3) is 4.04. The van der Waals surface area contributed by atoms with E-state index < -0.39 is 0 Å². The topological polar surface area (TPSA) is 45.0 Å². The van der Waals surface area contributed by atoms with Crippen LogP contribution in [-0.4, -0.2) is 17.9 Å². The molecule has 0 amide bonds. The van der Waals surface area contributed by atoms with Gasteiger partial charge in [-0.3, -0.25) is 17.9 Å². The molecule has 0 atom stereocenters. The molecule has 0 bridgehead atoms. The van der Waals surface area contributed by atoms with Crippen LogP contribution >= 0.6 is 11.6 Å². The average molecular weight is 733 g/mol. The molecule has 55 heavy (non-hydrogen) atoms. The number of para-hydroxylation sites is 2. The number of halogens is 1. The molecular weight excluding hydrogens is 700 g/mol. The summed E-state index contributed by atoms with van der Waals surface area (Å²) in [6.07, 6.45) is 0. The van der Waals surface area contributed by atoms with Gasteiger partial charge in [0.15, 0.2) is 11.2 Å². The summed E-state index contributed by atoms with van der Waals surface area (Å²) in [4.78, 5) is 0. The van der Waals surface area contributed by atoms with Gasteiger partial charge in [0.1, 0.15) is 33.5 Å². The molecule has 0 unspecified atom stereocenters. The Morgan fingerprint density at radius 1 is 0.436 bits per heavy atom. The lowest BCUT2D eigenvalue weighted by Crippen LogP contribution is -2.03. The maximum atomic E-state index is 7.95. The molecule has 0 fully saturated rings. The van der Waals surface area contributed by atoms with E-state index in [0.717, 1.165) is 100 Å². The molecule has 12 rings (SSSR count). The van der Waals surface area contributed by atoms with Gasteiger partial charge in [0.25, 0.3) is 0 Å². The summed E-state index contributed by atoms with van der Waals surface area (Å²) in [5.74, 6) is 0. The second-order valence-corrected chi connectivity index (χ2v) is 15.4. The lowest BCUT2D eigenvalue weighted by atomic mass is 10.0. The monoisotopic (exact) mass is 732 g/mol. The molecule has 0 aliphatic rings. The summed E-state index contributed by atoms with van der Waals surface area (Å²) >= 11 is 7.95. The number of aryl methyl sites for hydroxylation is 4. The molecular formula is C48H33ClN4O2. The Labute approximate surface area is 319 Å². The van der Waals surface area contributed by atoms with Gasteiger partial charge in [-0.1, -0.05) is 78.3 Å². The van der Waals surface area contributed by atoms with Gasteiger partial charge >= 0.3 is 0 Å². The quantitative estimate of drug-likeness (QED) is 0.181. The summed E-state index contributed by atoms with van der Waals surface area (Å²) in [6, 6.07) is 45.0. The molecule has 0 saturated heterocycles. The molecule has 6 aromatic heterocycles. The Hall–Kier alpha value is -6.63. The third-order valence-electron chi connectivity index (χ3n) is 11.5. The van der Waals surface area contributed by atoms with Crippen LogP contribution in [0.5, 0.6) is 0 Å². The Kier molecular flexibility index (Phi) is 6.01. The first-order chi connectivity index (χ1) is 26.8. The van der Waals surface area contributed by atoms with Crippen LogP contribution < -0.4 is 0 Å². The van der Waals surface area contributed by atoms with Crippen LogP contribution in [0.25, 0.3) is 100 Å². The van der Waals surface area contributed by atoms with Crippen molar-refractivity contribution in [2.24, 2.45) is 0 Å². The SMILES string of the molecule is Cc1cc(C)c2c(c1)n1c3c(cc1n2-c1cc(-c2ccccc2)cc(-n2c4c(C)cc(C)cc4n4c5c(cc24)oc2ccccc25)c1Cl)oc1ccccc13. The number of furan rings is 2. The lowest BCUT2D eigenvalue weighted by Gasteiger charge is -2.18. The van der Waals surface area contributed by atoms with Crippen LogP contribution in [0.3, 0.4) is 0 Å². The van der Waals surface area contributed by atoms with Gasteiger partial charge in [-0.15, -0.1) is 0 Å². The zero-order valence-electron chi connectivity index (χ0n) is 30.6. The first kappa shape index (κ1) is 30.8. The number of hydrogen-bond donors (Lipinski definition) is 0. The standard InChI is InChI=1S/C48H33ClN4O2/c1-26-18-28(3)45-36(20-26)52-42(24-40-47(52)32-14-8-10-16-38(32)54-40)50(45)34-22-31(30-12-6-5-7-13-30)23-35(44(34)49)51-43-25-41-48(33-15-9-11-17-39(33)55-41)53(43)37-21-27(2)19-29(4)46(37)51/h5-25H,1-4H3. The van der Waals surface area contributed by atoms with Crippen molar-refractivity contribution in [2.45, 2.75) is 27.7 Å². The van der Waals surface area contributed by atoms with Crippen molar-refractivity contribution < 1.29 is 8.83 Å². The molecule has 0 saturated carbocycles.